The fraction of sp³-hybridized carbons (Fsp3) is 0.750. The van der Waals surface area contributed by atoms with Crippen LogP contribution in [0.15, 0.2) is 0 Å². The van der Waals surface area contributed by atoms with Gasteiger partial charge in [-0.05, 0) is 12.8 Å². The second-order valence-electron chi connectivity index (χ2n) is 2.88. The highest BCUT2D eigenvalue weighted by atomic mass is 16.5. The zero-order chi connectivity index (χ0) is 8.97. The third-order valence-electron chi connectivity index (χ3n) is 2.04. The summed E-state index contributed by atoms with van der Waals surface area (Å²) in [5.41, 5.74) is 0. The molecule has 0 bridgehead atoms. The molecule has 4 heteroatoms. The van der Waals surface area contributed by atoms with Gasteiger partial charge in [0.15, 0.2) is 0 Å². The van der Waals surface area contributed by atoms with Crippen molar-refractivity contribution in [1.29, 1.82) is 5.26 Å². The summed E-state index contributed by atoms with van der Waals surface area (Å²) in [6.45, 7) is 1.23. The van der Waals surface area contributed by atoms with E-state index in [1.165, 1.54) is 7.11 Å². The number of nitrogens with zero attached hydrogens (tertiary/aromatic N) is 2. The maximum atomic E-state index is 11.0. The van der Waals surface area contributed by atoms with E-state index in [-0.39, 0.29) is 12.0 Å². The molecule has 0 radical (unpaired) electrons. The van der Waals surface area contributed by atoms with Gasteiger partial charge in [0.05, 0.1) is 19.1 Å². The highest BCUT2D eigenvalue weighted by Crippen LogP contribution is 2.15. The molecule has 1 saturated heterocycles. The first-order valence-electron chi connectivity index (χ1n) is 4.00. The monoisotopic (exact) mass is 168 g/mol. The topological polar surface area (TPSA) is 53.3 Å². The zero-order valence-corrected chi connectivity index (χ0v) is 7.12. The van der Waals surface area contributed by atoms with E-state index in [1.807, 2.05) is 0 Å². The molecule has 1 rings (SSSR count). The first-order chi connectivity index (χ1) is 5.77. The molecule has 0 spiro atoms. The second kappa shape index (κ2) is 3.96. The Morgan fingerprint density at radius 1 is 1.75 bits per heavy atom. The van der Waals surface area contributed by atoms with Crippen molar-refractivity contribution in [3.63, 3.8) is 0 Å². The molecule has 1 aliphatic heterocycles. The Kier molecular flexibility index (Phi) is 2.92. The van der Waals surface area contributed by atoms with Gasteiger partial charge in [-0.3, -0.25) is 0 Å². The lowest BCUT2D eigenvalue weighted by molar-refractivity contribution is 0.109. The van der Waals surface area contributed by atoms with E-state index in [2.05, 4.69) is 10.8 Å². The number of amides is 1. The Labute approximate surface area is 71.7 Å². The fourth-order valence-electron chi connectivity index (χ4n) is 1.38. The molecule has 0 saturated carbocycles. The van der Waals surface area contributed by atoms with E-state index in [4.69, 9.17) is 5.26 Å². The third kappa shape index (κ3) is 1.88. The van der Waals surface area contributed by atoms with Gasteiger partial charge in [0, 0.05) is 13.1 Å². The number of hydrogen-bond acceptors (Lipinski definition) is 3. The summed E-state index contributed by atoms with van der Waals surface area (Å²) in [7, 11) is 1.36. The third-order valence-corrected chi connectivity index (χ3v) is 2.04. The number of carbonyl (C=O) groups is 1. The van der Waals surface area contributed by atoms with Crippen LogP contribution in [0, 0.1) is 17.2 Å². The van der Waals surface area contributed by atoms with Crippen molar-refractivity contribution in [3.8, 4) is 6.07 Å². The second-order valence-corrected chi connectivity index (χ2v) is 2.88. The molecule has 1 atom stereocenters. The minimum atomic E-state index is -0.324. The predicted molar refractivity (Wildman–Crippen MR) is 42.3 cm³/mol. The number of likely N-dealkylation sites (tertiary alicyclic amines) is 1. The summed E-state index contributed by atoms with van der Waals surface area (Å²) in [6.07, 6.45) is 1.46. The molecule has 1 unspecified atom stereocenters. The van der Waals surface area contributed by atoms with Crippen LogP contribution < -0.4 is 0 Å². The largest absolute Gasteiger partial charge is 0.453 e. The molecule has 0 N–H and O–H groups in total. The van der Waals surface area contributed by atoms with Crippen molar-refractivity contribution in [2.24, 2.45) is 5.92 Å². The summed E-state index contributed by atoms with van der Waals surface area (Å²) in [5, 5.41) is 8.63. The molecular formula is C8H12N2O2. The van der Waals surface area contributed by atoms with E-state index < -0.39 is 0 Å². The molecule has 66 valence electrons. The number of piperidine rings is 1. The van der Waals surface area contributed by atoms with E-state index in [0.29, 0.717) is 13.1 Å². The Bertz CT molecular complexity index is 210. The summed E-state index contributed by atoms with van der Waals surface area (Å²) < 4.78 is 4.56. The Morgan fingerprint density at radius 3 is 3.08 bits per heavy atom. The number of nitriles is 1. The molecule has 1 aliphatic rings. The first kappa shape index (κ1) is 8.85. The average molecular weight is 168 g/mol. The van der Waals surface area contributed by atoms with E-state index in [9.17, 15) is 4.79 Å². The molecule has 0 aromatic carbocycles. The van der Waals surface area contributed by atoms with Gasteiger partial charge >= 0.3 is 6.09 Å². The van der Waals surface area contributed by atoms with Crippen molar-refractivity contribution in [2.45, 2.75) is 12.8 Å². The molecule has 0 aliphatic carbocycles. The Hall–Kier alpha value is -1.24. The number of hydrogen-bond donors (Lipinski definition) is 0. The maximum absolute atomic E-state index is 11.0. The van der Waals surface area contributed by atoms with Gasteiger partial charge in [0.2, 0.25) is 0 Å². The summed E-state index contributed by atoms with van der Waals surface area (Å²) in [6, 6.07) is 2.16. The number of ether oxygens (including phenoxy) is 1. The van der Waals surface area contributed by atoms with Crippen molar-refractivity contribution in [2.75, 3.05) is 20.2 Å². The van der Waals surface area contributed by atoms with Crippen molar-refractivity contribution in [3.05, 3.63) is 0 Å². The van der Waals surface area contributed by atoms with E-state index in [0.717, 1.165) is 12.8 Å². The molecular weight excluding hydrogens is 156 g/mol. The van der Waals surface area contributed by atoms with Crippen LogP contribution in [0.1, 0.15) is 12.8 Å². The van der Waals surface area contributed by atoms with Gasteiger partial charge < -0.3 is 9.64 Å². The number of methoxy groups -OCH3 is 1. The van der Waals surface area contributed by atoms with Gasteiger partial charge in [0.25, 0.3) is 0 Å². The summed E-state index contributed by atoms with van der Waals surface area (Å²) >= 11 is 0. The lowest BCUT2D eigenvalue weighted by atomic mass is 10.0. The van der Waals surface area contributed by atoms with E-state index in [1.54, 1.807) is 4.90 Å². The van der Waals surface area contributed by atoms with Crippen LogP contribution in [0.4, 0.5) is 4.79 Å². The maximum Gasteiger partial charge on any atom is 0.409 e. The van der Waals surface area contributed by atoms with Gasteiger partial charge in [-0.25, -0.2) is 4.79 Å². The van der Waals surface area contributed by atoms with Crippen molar-refractivity contribution < 1.29 is 9.53 Å². The van der Waals surface area contributed by atoms with Crippen molar-refractivity contribution in [1.82, 2.24) is 4.90 Å². The first-order valence-corrected chi connectivity index (χ1v) is 4.00. The standard InChI is InChI=1S/C8H12N2O2/c1-12-8(11)10-4-2-3-7(5-9)6-10/h7H,2-4,6H2,1H3. The van der Waals surface area contributed by atoms with Gasteiger partial charge in [-0.15, -0.1) is 0 Å². The molecule has 4 nitrogen and oxygen atoms in total. The number of carbonyl (C=O) groups excluding carboxylic acids is 1. The average Bonchev–Trinajstić information content (AvgIpc) is 2.17. The minimum Gasteiger partial charge on any atom is -0.453 e. The highest BCUT2D eigenvalue weighted by molar-refractivity contribution is 5.67. The predicted octanol–water partition coefficient (Wildman–Crippen LogP) is 0.988. The fourth-order valence-corrected chi connectivity index (χ4v) is 1.38. The molecule has 1 heterocycles. The normalized spacial score (nSPS) is 23.0. The Balaban J connectivity index is 2.47. The van der Waals surface area contributed by atoms with Crippen LogP contribution in [0.25, 0.3) is 0 Å². The van der Waals surface area contributed by atoms with Crippen LogP contribution in [0.5, 0.6) is 0 Å². The molecule has 12 heavy (non-hydrogen) atoms. The van der Waals surface area contributed by atoms with Crippen LogP contribution in [0.2, 0.25) is 0 Å². The minimum absolute atomic E-state index is 0.0159. The van der Waals surface area contributed by atoms with Crippen LogP contribution >= 0.6 is 0 Å². The SMILES string of the molecule is COC(=O)N1CCCC(C#N)C1. The smallest absolute Gasteiger partial charge is 0.409 e. The number of rotatable bonds is 0. The summed E-state index contributed by atoms with van der Waals surface area (Å²) in [5.74, 6) is -0.0159. The molecule has 0 aromatic heterocycles. The quantitative estimate of drug-likeness (QED) is 0.542. The van der Waals surface area contributed by atoms with E-state index >= 15 is 0 Å². The van der Waals surface area contributed by atoms with Crippen LogP contribution in [-0.4, -0.2) is 31.2 Å². The lowest BCUT2D eigenvalue weighted by Gasteiger charge is -2.27. The van der Waals surface area contributed by atoms with Gasteiger partial charge in [-0.1, -0.05) is 0 Å². The molecule has 0 aromatic rings. The Morgan fingerprint density at radius 2 is 2.50 bits per heavy atom. The van der Waals surface area contributed by atoms with Crippen molar-refractivity contribution >= 4 is 6.09 Å². The lowest BCUT2D eigenvalue weighted by Crippen LogP contribution is -2.39. The molecule has 1 amide bonds. The van der Waals surface area contributed by atoms with Gasteiger partial charge in [0.1, 0.15) is 0 Å². The zero-order valence-electron chi connectivity index (χ0n) is 7.12. The summed E-state index contributed by atoms with van der Waals surface area (Å²) in [4.78, 5) is 12.6. The van der Waals surface area contributed by atoms with Crippen LogP contribution in [-0.2, 0) is 4.74 Å². The van der Waals surface area contributed by atoms with Crippen LogP contribution in [0.3, 0.4) is 0 Å². The highest BCUT2D eigenvalue weighted by Gasteiger charge is 2.23. The molecule has 1 fully saturated rings. The van der Waals surface area contributed by atoms with Gasteiger partial charge in [-0.2, -0.15) is 5.26 Å².